The molecule has 4 aromatic rings. The summed E-state index contributed by atoms with van der Waals surface area (Å²) in [5.41, 5.74) is 5.91. The van der Waals surface area contributed by atoms with Crippen molar-refractivity contribution >= 4 is 23.2 Å². The summed E-state index contributed by atoms with van der Waals surface area (Å²) in [5.74, 6) is 1.70. The van der Waals surface area contributed by atoms with Crippen molar-refractivity contribution in [2.75, 3.05) is 28.2 Å². The van der Waals surface area contributed by atoms with Gasteiger partial charge in [-0.3, -0.25) is 15.2 Å². The molecule has 1 atom stereocenters. The van der Waals surface area contributed by atoms with Crippen LogP contribution in [0.3, 0.4) is 0 Å². The minimum atomic E-state index is -0.186. The summed E-state index contributed by atoms with van der Waals surface area (Å²) in [5, 5.41) is 3.01. The van der Waals surface area contributed by atoms with Crippen LogP contribution in [0.4, 0.5) is 22.0 Å². The number of nitrogens with one attached hydrogen (secondary N) is 1. The molecule has 170 valence electrons. The number of carbonyl (C=O) groups excluding carboxylic acids is 1. The van der Waals surface area contributed by atoms with Gasteiger partial charge in [0.2, 0.25) is 0 Å². The third-order valence-corrected chi connectivity index (χ3v) is 6.45. The molecule has 2 bridgehead atoms. The first kappa shape index (κ1) is 20.4. The van der Waals surface area contributed by atoms with Gasteiger partial charge in [-0.15, -0.1) is 0 Å². The Morgan fingerprint density at radius 2 is 1.79 bits per heavy atom. The number of hydrogen-bond acceptors (Lipinski definition) is 6. The monoisotopic (exact) mass is 452 g/mol. The van der Waals surface area contributed by atoms with E-state index >= 15 is 0 Å². The highest BCUT2D eigenvalue weighted by atomic mass is 16.4. The fourth-order valence-electron chi connectivity index (χ4n) is 4.85. The van der Waals surface area contributed by atoms with Crippen molar-refractivity contribution in [1.82, 2.24) is 15.0 Å². The van der Waals surface area contributed by atoms with E-state index in [0.29, 0.717) is 17.5 Å². The van der Waals surface area contributed by atoms with E-state index in [2.05, 4.69) is 49.4 Å². The Hall–Kier alpha value is -4.20. The third kappa shape index (κ3) is 3.57. The number of pyridine rings is 2. The van der Waals surface area contributed by atoms with Crippen LogP contribution < -0.4 is 15.1 Å². The van der Waals surface area contributed by atoms with Crippen LogP contribution in [0.15, 0.2) is 65.5 Å². The molecule has 0 aliphatic carbocycles. The Morgan fingerprint density at radius 1 is 0.971 bits per heavy atom. The smallest absolute Gasteiger partial charge is 0.327 e. The molecule has 0 radical (unpaired) electrons. The highest BCUT2D eigenvalue weighted by Gasteiger charge is 2.39. The molecule has 8 nitrogen and oxygen atoms in total. The number of carbonyl (C=O) groups is 1. The molecule has 1 aromatic carbocycles. The number of hydrogen-bond donors (Lipinski definition) is 1. The average molecular weight is 453 g/mol. The quantitative estimate of drug-likeness (QED) is 0.468. The van der Waals surface area contributed by atoms with Gasteiger partial charge < -0.3 is 9.32 Å². The molecule has 34 heavy (non-hydrogen) atoms. The molecular weight excluding hydrogens is 428 g/mol. The Kier molecular flexibility index (Phi) is 4.79. The van der Waals surface area contributed by atoms with Gasteiger partial charge in [0, 0.05) is 43.7 Å². The van der Waals surface area contributed by atoms with Crippen LogP contribution in [0, 0.1) is 13.8 Å². The van der Waals surface area contributed by atoms with Crippen molar-refractivity contribution in [1.29, 1.82) is 0 Å². The van der Waals surface area contributed by atoms with Crippen LogP contribution in [-0.4, -0.2) is 40.1 Å². The molecule has 2 amide bonds. The summed E-state index contributed by atoms with van der Waals surface area (Å²) >= 11 is 0. The van der Waals surface area contributed by atoms with Crippen molar-refractivity contribution in [2.24, 2.45) is 0 Å². The van der Waals surface area contributed by atoms with Gasteiger partial charge in [-0.1, -0.05) is 6.07 Å². The lowest BCUT2D eigenvalue weighted by Crippen LogP contribution is -2.47. The Bertz CT molecular complexity index is 1400. The number of aryl methyl sites for hydroxylation is 2. The van der Waals surface area contributed by atoms with Crippen molar-refractivity contribution in [3.8, 4) is 22.5 Å². The van der Waals surface area contributed by atoms with E-state index in [0.717, 1.165) is 53.3 Å². The number of fused-ring (bicyclic) bond motifs is 4. The van der Waals surface area contributed by atoms with Crippen molar-refractivity contribution in [2.45, 2.75) is 26.3 Å². The lowest BCUT2D eigenvalue weighted by Gasteiger charge is -2.37. The first-order valence-corrected chi connectivity index (χ1v) is 11.4. The van der Waals surface area contributed by atoms with Crippen molar-refractivity contribution in [3.63, 3.8) is 0 Å². The van der Waals surface area contributed by atoms with E-state index in [1.165, 1.54) is 0 Å². The van der Waals surface area contributed by atoms with E-state index in [1.807, 2.05) is 30.2 Å². The summed E-state index contributed by atoms with van der Waals surface area (Å²) < 4.78 is 5.62. The number of anilines is 3. The number of rotatable bonds is 3. The summed E-state index contributed by atoms with van der Waals surface area (Å²) in [6.07, 6.45) is 6.08. The molecule has 0 saturated carbocycles. The summed E-state index contributed by atoms with van der Waals surface area (Å²) in [7, 11) is 0. The first-order valence-electron chi connectivity index (χ1n) is 11.4. The van der Waals surface area contributed by atoms with Gasteiger partial charge in [0.25, 0.3) is 0 Å². The number of aromatic nitrogens is 3. The minimum Gasteiger partial charge on any atom is -0.441 e. The maximum atomic E-state index is 13.6. The van der Waals surface area contributed by atoms with E-state index in [4.69, 9.17) is 4.42 Å². The van der Waals surface area contributed by atoms with Crippen LogP contribution in [-0.2, 0) is 0 Å². The van der Waals surface area contributed by atoms with Crippen molar-refractivity contribution in [3.05, 3.63) is 72.6 Å². The summed E-state index contributed by atoms with van der Waals surface area (Å²) in [6, 6.07) is 14.0. The third-order valence-electron chi connectivity index (χ3n) is 6.45. The number of benzene rings is 1. The highest BCUT2D eigenvalue weighted by molar-refractivity contribution is 6.05. The number of nitrogens with zero attached hydrogens (tertiary/aromatic N) is 5. The van der Waals surface area contributed by atoms with Crippen LogP contribution in [0.1, 0.15) is 18.0 Å². The standard InChI is InChI=1S/C26H24N6O2/c1-16-11-19(5-8-27-16)18-3-4-22-23(12-18)32(21-7-10-31(22)15-21)26(33)30-25-13-20(6-9-28-25)24-14-29-17(2)34-24/h3-6,8-9,11-14,21H,7,10,15H2,1-2H3,(H,28,30,33)/t21-/m0/s1. The van der Waals surface area contributed by atoms with Gasteiger partial charge in [-0.25, -0.2) is 14.8 Å². The van der Waals surface area contributed by atoms with Gasteiger partial charge in [0.15, 0.2) is 11.7 Å². The molecular formula is C26H24N6O2. The molecule has 3 aromatic heterocycles. The molecule has 5 heterocycles. The first-order chi connectivity index (χ1) is 16.5. The van der Waals surface area contributed by atoms with Gasteiger partial charge in [-0.2, -0.15) is 0 Å². The van der Waals surface area contributed by atoms with Crippen LogP contribution in [0.25, 0.3) is 22.5 Å². The van der Waals surface area contributed by atoms with E-state index < -0.39 is 0 Å². The molecule has 1 N–H and O–H groups in total. The molecule has 2 aliphatic rings. The zero-order chi connectivity index (χ0) is 23.2. The molecule has 0 spiro atoms. The Labute approximate surface area is 197 Å². The predicted octanol–water partition coefficient (Wildman–Crippen LogP) is 5.05. The largest absolute Gasteiger partial charge is 0.441 e. The maximum Gasteiger partial charge on any atom is 0.327 e. The number of oxazole rings is 1. The lowest BCUT2D eigenvalue weighted by molar-refractivity contribution is 0.255. The predicted molar refractivity (Wildman–Crippen MR) is 131 cm³/mol. The van der Waals surface area contributed by atoms with Gasteiger partial charge in [0.05, 0.1) is 23.6 Å². The zero-order valence-corrected chi connectivity index (χ0v) is 19.0. The van der Waals surface area contributed by atoms with Crippen LogP contribution in [0.5, 0.6) is 0 Å². The van der Waals surface area contributed by atoms with E-state index in [-0.39, 0.29) is 12.1 Å². The second-order valence-electron chi connectivity index (χ2n) is 8.75. The fraction of sp³-hybridized carbons (Fsp3) is 0.231. The molecule has 1 fully saturated rings. The van der Waals surface area contributed by atoms with Gasteiger partial charge in [-0.05, 0) is 60.9 Å². The average Bonchev–Trinajstić information content (AvgIpc) is 3.46. The van der Waals surface area contributed by atoms with Gasteiger partial charge in [0.1, 0.15) is 5.82 Å². The minimum absolute atomic E-state index is 0.113. The highest BCUT2D eigenvalue weighted by Crippen LogP contribution is 2.42. The second kappa shape index (κ2) is 7.98. The Morgan fingerprint density at radius 3 is 2.62 bits per heavy atom. The molecule has 1 saturated heterocycles. The molecule has 0 unspecified atom stereocenters. The Balaban J connectivity index is 1.33. The second-order valence-corrected chi connectivity index (χ2v) is 8.75. The molecule has 2 aliphatic heterocycles. The summed E-state index contributed by atoms with van der Waals surface area (Å²) in [6.45, 7) is 5.55. The van der Waals surface area contributed by atoms with E-state index in [9.17, 15) is 4.79 Å². The lowest BCUT2D eigenvalue weighted by atomic mass is 10.0. The normalized spacial score (nSPS) is 16.5. The number of urea groups is 1. The summed E-state index contributed by atoms with van der Waals surface area (Å²) in [4.78, 5) is 30.7. The fourth-order valence-corrected chi connectivity index (χ4v) is 4.85. The molecule has 8 heteroatoms. The van der Waals surface area contributed by atoms with Crippen LogP contribution in [0.2, 0.25) is 0 Å². The topological polar surface area (TPSA) is 87.4 Å². The van der Waals surface area contributed by atoms with Crippen LogP contribution >= 0.6 is 0 Å². The number of amides is 2. The SMILES string of the molecule is Cc1cc(-c2ccc3c(c2)N(C(=O)Nc2cc(-c4cnc(C)o4)ccn2)[C@H]2CCN3C2)ccn1. The van der Waals surface area contributed by atoms with Crippen molar-refractivity contribution < 1.29 is 9.21 Å². The van der Waals surface area contributed by atoms with E-state index in [1.54, 1.807) is 25.4 Å². The zero-order valence-electron chi connectivity index (χ0n) is 19.0. The maximum absolute atomic E-state index is 13.6. The van der Waals surface area contributed by atoms with Gasteiger partial charge >= 0.3 is 6.03 Å². The molecule has 6 rings (SSSR count).